The third-order valence-electron chi connectivity index (χ3n) is 5.36. The molecule has 180 valence electrons. The molecule has 0 bridgehead atoms. The van der Waals surface area contributed by atoms with E-state index >= 15 is 4.39 Å². The molecular weight excluding hydrogens is 423 g/mol. The summed E-state index contributed by atoms with van der Waals surface area (Å²) in [5.74, 6) is -0.334. The SMILES string of the molecule is CC(C)c1cn(C(=O)OC(C)(C)C)c2ccc(C3=CCN(C(=O)OC(C)(C)C)CC3)c(F)c12. The first-order chi connectivity index (χ1) is 15.2. The molecule has 0 fully saturated rings. The van der Waals surface area contributed by atoms with Gasteiger partial charge >= 0.3 is 12.2 Å². The molecular formula is C26H35FN2O4. The van der Waals surface area contributed by atoms with Crippen molar-refractivity contribution in [3.05, 3.63) is 41.3 Å². The standard InChI is InChI=1S/C26H35FN2O4/c1-16(2)19-15-29(24(31)33-26(6,7)8)20-10-9-18(22(27)21(19)20)17-11-13-28(14-12-17)23(30)32-25(3,4)5/h9-11,15-16H,12-14H2,1-8H3. The summed E-state index contributed by atoms with van der Waals surface area (Å²) in [6.45, 7) is 15.6. The van der Waals surface area contributed by atoms with Crippen molar-refractivity contribution in [3.63, 3.8) is 0 Å². The molecule has 0 radical (unpaired) electrons. The molecule has 1 aromatic carbocycles. The molecule has 7 heteroatoms. The van der Waals surface area contributed by atoms with Crippen LogP contribution in [0.5, 0.6) is 0 Å². The smallest absolute Gasteiger partial charge is 0.419 e. The Bertz CT molecular complexity index is 1100. The van der Waals surface area contributed by atoms with Gasteiger partial charge in [-0.25, -0.2) is 14.0 Å². The van der Waals surface area contributed by atoms with Crippen LogP contribution in [0.2, 0.25) is 0 Å². The molecule has 2 heterocycles. The molecule has 1 aromatic heterocycles. The van der Waals surface area contributed by atoms with Crippen LogP contribution in [0.25, 0.3) is 16.5 Å². The number of nitrogens with zero attached hydrogens (tertiary/aromatic N) is 2. The van der Waals surface area contributed by atoms with E-state index in [-0.39, 0.29) is 17.8 Å². The van der Waals surface area contributed by atoms with Crippen molar-refractivity contribution < 1.29 is 23.5 Å². The van der Waals surface area contributed by atoms with Crippen LogP contribution < -0.4 is 0 Å². The third-order valence-corrected chi connectivity index (χ3v) is 5.36. The Balaban J connectivity index is 1.96. The second kappa shape index (κ2) is 8.84. The second-order valence-electron chi connectivity index (χ2n) is 10.8. The van der Waals surface area contributed by atoms with Crippen molar-refractivity contribution in [2.75, 3.05) is 13.1 Å². The van der Waals surface area contributed by atoms with Gasteiger partial charge in [-0.1, -0.05) is 19.9 Å². The summed E-state index contributed by atoms with van der Waals surface area (Å²) in [4.78, 5) is 26.7. The lowest BCUT2D eigenvalue weighted by Gasteiger charge is -2.29. The van der Waals surface area contributed by atoms with Crippen molar-refractivity contribution in [1.29, 1.82) is 0 Å². The predicted octanol–water partition coefficient (Wildman–Crippen LogP) is 6.71. The highest BCUT2D eigenvalue weighted by atomic mass is 19.1. The molecule has 1 amide bonds. The van der Waals surface area contributed by atoms with E-state index in [0.717, 1.165) is 11.1 Å². The molecule has 0 atom stereocenters. The summed E-state index contributed by atoms with van der Waals surface area (Å²) < 4.78 is 28.2. The normalized spacial score (nSPS) is 15.1. The second-order valence-corrected chi connectivity index (χ2v) is 10.8. The van der Waals surface area contributed by atoms with Crippen molar-refractivity contribution in [3.8, 4) is 0 Å². The maximum atomic E-state index is 15.9. The zero-order valence-electron chi connectivity index (χ0n) is 20.9. The van der Waals surface area contributed by atoms with Gasteiger partial charge in [0.2, 0.25) is 0 Å². The number of halogens is 1. The van der Waals surface area contributed by atoms with Crippen molar-refractivity contribution in [1.82, 2.24) is 9.47 Å². The van der Waals surface area contributed by atoms with E-state index in [0.29, 0.717) is 36.0 Å². The van der Waals surface area contributed by atoms with Gasteiger partial charge in [-0.2, -0.15) is 0 Å². The van der Waals surface area contributed by atoms with E-state index in [1.54, 1.807) is 44.0 Å². The van der Waals surface area contributed by atoms with E-state index in [4.69, 9.17) is 9.47 Å². The number of hydrogen-bond donors (Lipinski definition) is 0. The van der Waals surface area contributed by atoms with Crippen LogP contribution in [0, 0.1) is 5.82 Å². The average molecular weight is 459 g/mol. The molecule has 0 saturated heterocycles. The van der Waals surface area contributed by atoms with Crippen LogP contribution in [0.15, 0.2) is 24.4 Å². The van der Waals surface area contributed by atoms with Gasteiger partial charge in [0, 0.05) is 30.2 Å². The number of aromatic nitrogens is 1. The molecule has 6 nitrogen and oxygen atoms in total. The van der Waals surface area contributed by atoms with E-state index in [9.17, 15) is 9.59 Å². The van der Waals surface area contributed by atoms with Crippen molar-refractivity contribution in [2.24, 2.45) is 0 Å². The molecule has 0 aliphatic carbocycles. The fraction of sp³-hybridized carbons (Fsp3) is 0.538. The highest BCUT2D eigenvalue weighted by Crippen LogP contribution is 2.35. The number of rotatable bonds is 2. The number of carbonyl (C=O) groups is 2. The first-order valence-electron chi connectivity index (χ1n) is 11.4. The third kappa shape index (κ3) is 5.57. The van der Waals surface area contributed by atoms with Gasteiger partial charge in [-0.15, -0.1) is 0 Å². The Hall–Kier alpha value is -2.83. The predicted molar refractivity (Wildman–Crippen MR) is 128 cm³/mol. The number of benzene rings is 1. The lowest BCUT2D eigenvalue weighted by Crippen LogP contribution is -2.39. The molecule has 0 saturated carbocycles. The number of amides is 1. The van der Waals surface area contributed by atoms with Gasteiger partial charge in [-0.3, -0.25) is 4.57 Å². The van der Waals surface area contributed by atoms with Gasteiger partial charge in [0.05, 0.1) is 5.52 Å². The minimum absolute atomic E-state index is 0.0175. The quantitative estimate of drug-likeness (QED) is 0.502. The summed E-state index contributed by atoms with van der Waals surface area (Å²) in [5.41, 5.74) is 1.36. The first kappa shape index (κ1) is 24.8. The Kier molecular flexibility index (Phi) is 6.65. The zero-order valence-corrected chi connectivity index (χ0v) is 20.9. The molecule has 1 aliphatic rings. The minimum atomic E-state index is -0.656. The lowest BCUT2D eigenvalue weighted by molar-refractivity contribution is 0.0270. The molecule has 33 heavy (non-hydrogen) atoms. The fourth-order valence-electron chi connectivity index (χ4n) is 3.87. The fourth-order valence-corrected chi connectivity index (χ4v) is 3.87. The van der Waals surface area contributed by atoms with Crippen LogP contribution in [0.3, 0.4) is 0 Å². The summed E-state index contributed by atoms with van der Waals surface area (Å²) in [6.07, 6.45) is 3.17. The van der Waals surface area contributed by atoms with E-state index in [2.05, 4.69) is 0 Å². The molecule has 0 unspecified atom stereocenters. The van der Waals surface area contributed by atoms with Crippen LogP contribution >= 0.6 is 0 Å². The molecule has 0 N–H and O–H groups in total. The zero-order chi connectivity index (χ0) is 24.7. The van der Waals surface area contributed by atoms with Gasteiger partial charge in [-0.05, 0) is 77.2 Å². The van der Waals surface area contributed by atoms with Gasteiger partial charge in [0.15, 0.2) is 0 Å². The minimum Gasteiger partial charge on any atom is -0.444 e. The van der Waals surface area contributed by atoms with Crippen molar-refractivity contribution >= 4 is 28.7 Å². The van der Waals surface area contributed by atoms with Gasteiger partial charge in [0.1, 0.15) is 17.0 Å². The van der Waals surface area contributed by atoms with Crippen LogP contribution in [0.4, 0.5) is 14.0 Å². The Labute approximate surface area is 195 Å². The summed E-state index contributed by atoms with van der Waals surface area (Å²) in [5, 5.41) is 0.434. The molecule has 1 aliphatic heterocycles. The summed E-state index contributed by atoms with van der Waals surface area (Å²) in [7, 11) is 0. The van der Waals surface area contributed by atoms with Crippen LogP contribution in [-0.2, 0) is 9.47 Å². The van der Waals surface area contributed by atoms with Gasteiger partial charge < -0.3 is 14.4 Å². The number of ether oxygens (including phenoxy) is 2. The highest BCUT2D eigenvalue weighted by Gasteiger charge is 2.27. The van der Waals surface area contributed by atoms with E-state index < -0.39 is 17.3 Å². The number of carbonyl (C=O) groups excluding carboxylic acids is 2. The Morgan fingerprint density at radius 1 is 1.00 bits per heavy atom. The monoisotopic (exact) mass is 458 g/mol. The van der Waals surface area contributed by atoms with E-state index in [1.807, 2.05) is 40.7 Å². The molecule has 2 aromatic rings. The molecule has 0 spiro atoms. The lowest BCUT2D eigenvalue weighted by atomic mass is 9.95. The van der Waals surface area contributed by atoms with Crippen LogP contribution in [-0.4, -0.2) is 45.9 Å². The Morgan fingerprint density at radius 3 is 2.12 bits per heavy atom. The van der Waals surface area contributed by atoms with Crippen molar-refractivity contribution in [2.45, 2.75) is 78.9 Å². The average Bonchev–Trinajstić information content (AvgIpc) is 3.07. The van der Waals surface area contributed by atoms with Crippen LogP contribution in [0.1, 0.15) is 78.9 Å². The molecule has 3 rings (SSSR count). The highest BCUT2D eigenvalue weighted by molar-refractivity contribution is 5.95. The van der Waals surface area contributed by atoms with Gasteiger partial charge in [0.25, 0.3) is 0 Å². The number of fused-ring (bicyclic) bond motifs is 1. The summed E-state index contributed by atoms with van der Waals surface area (Å²) in [6, 6.07) is 3.47. The number of hydrogen-bond acceptors (Lipinski definition) is 4. The summed E-state index contributed by atoms with van der Waals surface area (Å²) >= 11 is 0. The largest absolute Gasteiger partial charge is 0.444 e. The first-order valence-corrected chi connectivity index (χ1v) is 11.4. The Morgan fingerprint density at radius 2 is 1.61 bits per heavy atom. The van der Waals surface area contributed by atoms with E-state index in [1.165, 1.54) is 4.57 Å². The topological polar surface area (TPSA) is 60.8 Å². The maximum Gasteiger partial charge on any atom is 0.419 e. The maximum absolute atomic E-state index is 15.9.